The highest BCUT2D eigenvalue weighted by atomic mass is 35.5. The van der Waals surface area contributed by atoms with Gasteiger partial charge in [-0.15, -0.1) is 11.6 Å². The van der Waals surface area contributed by atoms with E-state index in [4.69, 9.17) is 11.6 Å². The first-order valence-corrected chi connectivity index (χ1v) is 5.50. The number of carbonyl (C=O) groups is 1. The summed E-state index contributed by atoms with van der Waals surface area (Å²) in [6.45, 7) is 0. The van der Waals surface area contributed by atoms with Crippen molar-refractivity contribution in [1.82, 2.24) is 0 Å². The van der Waals surface area contributed by atoms with Gasteiger partial charge in [-0.2, -0.15) is 0 Å². The van der Waals surface area contributed by atoms with Gasteiger partial charge in [0.15, 0.2) is 5.78 Å². The zero-order valence-electron chi connectivity index (χ0n) is 7.95. The van der Waals surface area contributed by atoms with E-state index in [0.717, 1.165) is 12.8 Å². The second-order valence-corrected chi connectivity index (χ2v) is 4.07. The maximum absolute atomic E-state index is 11.4. The zero-order chi connectivity index (χ0) is 9.97. The molecule has 1 aliphatic rings. The Morgan fingerprint density at radius 1 is 1.29 bits per heavy atom. The van der Waals surface area contributed by atoms with Crippen LogP contribution in [-0.4, -0.2) is 11.7 Å². The van der Waals surface area contributed by atoms with Gasteiger partial charge in [-0.25, -0.2) is 0 Å². The Hall–Kier alpha value is -0.820. The molecule has 1 fully saturated rings. The molecule has 0 spiro atoms. The van der Waals surface area contributed by atoms with Crippen molar-refractivity contribution in [1.29, 1.82) is 0 Å². The number of rotatable bonds is 3. The summed E-state index contributed by atoms with van der Waals surface area (Å²) in [5, 5.41) is 0. The fraction of sp³-hybridized carbons (Fsp3) is 0.417. The van der Waals surface area contributed by atoms with Gasteiger partial charge < -0.3 is 0 Å². The van der Waals surface area contributed by atoms with E-state index in [1.165, 1.54) is 5.56 Å². The number of Topliss-reactive ketones (excluding diaryl/α,β-unsaturated/α-hetero) is 1. The maximum Gasteiger partial charge on any atom is 0.151 e. The maximum atomic E-state index is 11.4. The Balaban J connectivity index is 2.10. The molecule has 0 heterocycles. The second kappa shape index (κ2) is 4.14. The van der Waals surface area contributed by atoms with E-state index in [-0.39, 0.29) is 17.6 Å². The van der Waals surface area contributed by atoms with Crippen molar-refractivity contribution in [3.63, 3.8) is 0 Å². The first-order valence-electron chi connectivity index (χ1n) is 4.96. The Bertz CT molecular complexity index is 320. The van der Waals surface area contributed by atoms with Crippen LogP contribution in [0, 0.1) is 5.92 Å². The molecule has 1 nitrogen and oxygen atoms in total. The van der Waals surface area contributed by atoms with E-state index in [9.17, 15) is 4.79 Å². The molecule has 0 bridgehead atoms. The minimum Gasteiger partial charge on any atom is -0.298 e. The number of ketones is 1. The monoisotopic (exact) mass is 208 g/mol. The summed E-state index contributed by atoms with van der Waals surface area (Å²) in [6.07, 6.45) is 2.13. The largest absolute Gasteiger partial charge is 0.298 e. The van der Waals surface area contributed by atoms with E-state index in [1.54, 1.807) is 0 Å². The molecule has 1 aliphatic carbocycles. The van der Waals surface area contributed by atoms with Gasteiger partial charge in [0.05, 0.1) is 5.88 Å². The Morgan fingerprint density at radius 2 is 2.00 bits per heavy atom. The average molecular weight is 209 g/mol. The summed E-state index contributed by atoms with van der Waals surface area (Å²) in [6, 6.07) is 10.2. The van der Waals surface area contributed by atoms with Crippen molar-refractivity contribution in [2.75, 3.05) is 5.88 Å². The second-order valence-electron chi connectivity index (χ2n) is 3.80. The lowest BCUT2D eigenvalue weighted by Crippen LogP contribution is -2.31. The van der Waals surface area contributed by atoms with Crippen molar-refractivity contribution in [2.45, 2.75) is 18.8 Å². The highest BCUT2D eigenvalue weighted by molar-refractivity contribution is 6.28. The number of hydrogen-bond acceptors (Lipinski definition) is 1. The number of hydrogen-bond donors (Lipinski definition) is 0. The normalized spacial score (nSPS) is 25.5. The van der Waals surface area contributed by atoms with Crippen molar-refractivity contribution >= 4 is 17.4 Å². The lowest BCUT2D eigenvalue weighted by Gasteiger charge is -2.35. The van der Waals surface area contributed by atoms with Crippen LogP contribution in [0.1, 0.15) is 24.3 Å². The molecular weight excluding hydrogens is 196 g/mol. The summed E-state index contributed by atoms with van der Waals surface area (Å²) < 4.78 is 0. The molecule has 1 saturated carbocycles. The summed E-state index contributed by atoms with van der Waals surface area (Å²) in [4.78, 5) is 11.4. The van der Waals surface area contributed by atoms with Crippen molar-refractivity contribution in [2.24, 2.45) is 5.92 Å². The highest BCUT2D eigenvalue weighted by Gasteiger charge is 2.36. The van der Waals surface area contributed by atoms with Crippen LogP contribution in [0.25, 0.3) is 0 Å². The smallest absolute Gasteiger partial charge is 0.151 e. The van der Waals surface area contributed by atoms with Gasteiger partial charge in [0.1, 0.15) is 0 Å². The third-order valence-electron chi connectivity index (χ3n) is 3.05. The van der Waals surface area contributed by atoms with Gasteiger partial charge in [-0.1, -0.05) is 30.3 Å². The van der Waals surface area contributed by atoms with Crippen LogP contribution in [0.4, 0.5) is 0 Å². The summed E-state index contributed by atoms with van der Waals surface area (Å²) in [5.74, 6) is 0.956. The molecule has 2 atom stereocenters. The minimum atomic E-state index is 0.161. The summed E-state index contributed by atoms with van der Waals surface area (Å²) in [5.41, 5.74) is 1.28. The number of benzene rings is 1. The summed E-state index contributed by atoms with van der Waals surface area (Å²) in [7, 11) is 0. The van der Waals surface area contributed by atoms with Gasteiger partial charge in [-0.3, -0.25) is 4.79 Å². The molecule has 0 radical (unpaired) electrons. The van der Waals surface area contributed by atoms with Crippen LogP contribution in [0.3, 0.4) is 0 Å². The van der Waals surface area contributed by atoms with Crippen molar-refractivity contribution in [3.05, 3.63) is 35.9 Å². The fourth-order valence-electron chi connectivity index (χ4n) is 2.08. The molecular formula is C12H13ClO. The number of halogens is 1. The number of carbonyl (C=O) groups excluding carboxylic acids is 1. The standard InChI is InChI=1S/C12H13ClO/c13-8-12(14)11-7-6-10(11)9-4-2-1-3-5-9/h1-5,10-11H,6-8H2/t10-,11+/m1/s1. The van der Waals surface area contributed by atoms with E-state index in [0.29, 0.717) is 5.92 Å². The topological polar surface area (TPSA) is 17.1 Å². The quantitative estimate of drug-likeness (QED) is 0.698. The molecule has 1 aromatic rings. The molecule has 1 aromatic carbocycles. The molecule has 0 unspecified atom stereocenters. The Morgan fingerprint density at radius 3 is 2.50 bits per heavy atom. The molecule has 0 amide bonds. The lowest BCUT2D eigenvalue weighted by atomic mass is 9.68. The van der Waals surface area contributed by atoms with E-state index in [1.807, 2.05) is 18.2 Å². The van der Waals surface area contributed by atoms with Crippen molar-refractivity contribution < 1.29 is 4.79 Å². The van der Waals surface area contributed by atoms with E-state index >= 15 is 0 Å². The van der Waals surface area contributed by atoms with Crippen molar-refractivity contribution in [3.8, 4) is 0 Å². The van der Waals surface area contributed by atoms with Crippen LogP contribution >= 0.6 is 11.6 Å². The molecule has 14 heavy (non-hydrogen) atoms. The first kappa shape index (κ1) is 9.72. The molecule has 0 aliphatic heterocycles. The number of alkyl halides is 1. The third kappa shape index (κ3) is 1.69. The van der Waals surface area contributed by atoms with Gasteiger partial charge in [0, 0.05) is 5.92 Å². The first-order chi connectivity index (χ1) is 6.83. The molecule has 0 saturated heterocycles. The predicted octanol–water partition coefficient (Wildman–Crippen LogP) is 2.99. The molecule has 74 valence electrons. The third-order valence-corrected chi connectivity index (χ3v) is 3.31. The highest BCUT2D eigenvalue weighted by Crippen LogP contribution is 2.42. The molecule has 2 rings (SSSR count). The fourth-order valence-corrected chi connectivity index (χ4v) is 2.28. The molecule has 2 heteroatoms. The van der Waals surface area contributed by atoms with Crippen LogP contribution in [0.5, 0.6) is 0 Å². The summed E-state index contributed by atoms with van der Waals surface area (Å²) >= 11 is 5.56. The Labute approximate surface area is 89.1 Å². The SMILES string of the molecule is O=C(CCl)[C@H]1CC[C@@H]1c1ccccc1. The van der Waals surface area contributed by atoms with Gasteiger partial charge >= 0.3 is 0 Å². The van der Waals surface area contributed by atoms with Crippen LogP contribution in [0.2, 0.25) is 0 Å². The van der Waals surface area contributed by atoms with E-state index in [2.05, 4.69) is 12.1 Å². The van der Waals surface area contributed by atoms with E-state index < -0.39 is 0 Å². The Kier molecular flexibility index (Phi) is 2.87. The minimum absolute atomic E-state index is 0.161. The van der Waals surface area contributed by atoms with Crippen LogP contribution in [0.15, 0.2) is 30.3 Å². The van der Waals surface area contributed by atoms with Crippen LogP contribution < -0.4 is 0 Å². The zero-order valence-corrected chi connectivity index (χ0v) is 8.70. The van der Waals surface area contributed by atoms with Gasteiger partial charge in [-0.05, 0) is 24.3 Å². The molecule has 0 aromatic heterocycles. The lowest BCUT2D eigenvalue weighted by molar-refractivity contribution is -0.123. The van der Waals surface area contributed by atoms with Gasteiger partial charge in [0.2, 0.25) is 0 Å². The van der Waals surface area contributed by atoms with Gasteiger partial charge in [0.25, 0.3) is 0 Å². The predicted molar refractivity (Wildman–Crippen MR) is 57.6 cm³/mol. The molecule has 0 N–H and O–H groups in total. The average Bonchev–Trinajstić information content (AvgIpc) is 2.17. The van der Waals surface area contributed by atoms with Crippen LogP contribution in [-0.2, 0) is 4.79 Å².